The van der Waals surface area contributed by atoms with Gasteiger partial charge in [0.15, 0.2) is 0 Å². The molecule has 0 saturated carbocycles. The molecule has 0 rings (SSSR count). The van der Waals surface area contributed by atoms with Gasteiger partial charge in [-0.05, 0) is 19.3 Å². The number of carbonyl (C=O) groups excluding carboxylic acids is 1. The number of amides is 1. The van der Waals surface area contributed by atoms with Crippen LogP contribution in [0.5, 0.6) is 0 Å². The van der Waals surface area contributed by atoms with Gasteiger partial charge in [-0.15, -0.1) is 0 Å². The van der Waals surface area contributed by atoms with Crippen LogP contribution in [0.2, 0.25) is 0 Å². The summed E-state index contributed by atoms with van der Waals surface area (Å²) in [7, 11) is 0. The molecule has 0 heterocycles. The SMILES string of the molecule is CCN(CC)C(=O)C(C)(C)C(C)(C)C. The number of rotatable bonds is 3. The summed E-state index contributed by atoms with van der Waals surface area (Å²) in [6.45, 7) is 16.1. The second kappa shape index (κ2) is 4.33. The Morgan fingerprint density at radius 3 is 1.57 bits per heavy atom. The molecule has 0 bridgehead atoms. The second-order valence-electron chi connectivity index (χ2n) is 5.35. The molecule has 0 aromatic heterocycles. The molecule has 84 valence electrons. The van der Waals surface area contributed by atoms with Crippen molar-refractivity contribution >= 4 is 5.91 Å². The molecule has 0 saturated heterocycles. The van der Waals surface area contributed by atoms with Gasteiger partial charge in [-0.1, -0.05) is 34.6 Å². The largest absolute Gasteiger partial charge is 0.343 e. The van der Waals surface area contributed by atoms with Gasteiger partial charge in [-0.3, -0.25) is 4.79 Å². The van der Waals surface area contributed by atoms with Gasteiger partial charge in [0.1, 0.15) is 0 Å². The first-order valence-corrected chi connectivity index (χ1v) is 5.47. The first-order valence-electron chi connectivity index (χ1n) is 5.47. The maximum atomic E-state index is 12.2. The summed E-state index contributed by atoms with van der Waals surface area (Å²) in [5.41, 5.74) is -0.286. The molecular formula is C12H25NO. The van der Waals surface area contributed by atoms with Gasteiger partial charge >= 0.3 is 0 Å². The molecule has 2 nitrogen and oxygen atoms in total. The summed E-state index contributed by atoms with van der Waals surface area (Å²) in [5, 5.41) is 0. The lowest BCUT2D eigenvalue weighted by atomic mass is 9.68. The van der Waals surface area contributed by atoms with E-state index in [1.165, 1.54) is 0 Å². The summed E-state index contributed by atoms with van der Waals surface area (Å²) in [4.78, 5) is 14.1. The molecule has 0 radical (unpaired) electrons. The molecule has 0 aromatic rings. The van der Waals surface area contributed by atoms with Crippen molar-refractivity contribution in [3.05, 3.63) is 0 Å². The van der Waals surface area contributed by atoms with Crippen LogP contribution in [0.4, 0.5) is 0 Å². The minimum atomic E-state index is -0.293. The summed E-state index contributed by atoms with van der Waals surface area (Å²) < 4.78 is 0. The maximum Gasteiger partial charge on any atom is 0.228 e. The smallest absolute Gasteiger partial charge is 0.228 e. The van der Waals surface area contributed by atoms with Gasteiger partial charge in [0.05, 0.1) is 0 Å². The van der Waals surface area contributed by atoms with Gasteiger partial charge < -0.3 is 4.90 Å². The third-order valence-corrected chi connectivity index (χ3v) is 3.46. The van der Waals surface area contributed by atoms with Crippen molar-refractivity contribution < 1.29 is 4.79 Å². The third-order valence-electron chi connectivity index (χ3n) is 3.46. The zero-order valence-electron chi connectivity index (χ0n) is 10.8. The Balaban J connectivity index is 4.83. The Bertz CT molecular complexity index is 197. The van der Waals surface area contributed by atoms with E-state index in [2.05, 4.69) is 20.8 Å². The molecule has 0 aromatic carbocycles. The van der Waals surface area contributed by atoms with E-state index in [-0.39, 0.29) is 16.7 Å². The second-order valence-corrected chi connectivity index (χ2v) is 5.35. The van der Waals surface area contributed by atoms with E-state index in [4.69, 9.17) is 0 Å². The van der Waals surface area contributed by atoms with Crippen LogP contribution in [-0.4, -0.2) is 23.9 Å². The van der Waals surface area contributed by atoms with Crippen LogP contribution in [0.1, 0.15) is 48.5 Å². The standard InChI is InChI=1S/C12H25NO/c1-8-13(9-2)10(14)12(6,7)11(3,4)5/h8-9H2,1-7H3. The molecule has 2 heteroatoms. The van der Waals surface area contributed by atoms with Crippen molar-refractivity contribution in [2.75, 3.05) is 13.1 Å². The molecule has 0 N–H and O–H groups in total. The normalized spacial score (nSPS) is 12.8. The van der Waals surface area contributed by atoms with E-state index in [1.54, 1.807) is 0 Å². The van der Waals surface area contributed by atoms with Crippen LogP contribution in [0.3, 0.4) is 0 Å². The monoisotopic (exact) mass is 199 g/mol. The summed E-state index contributed by atoms with van der Waals surface area (Å²) in [6, 6.07) is 0. The van der Waals surface area contributed by atoms with Crippen LogP contribution in [0.15, 0.2) is 0 Å². The quantitative estimate of drug-likeness (QED) is 0.684. The number of hydrogen-bond acceptors (Lipinski definition) is 1. The number of nitrogens with zero attached hydrogens (tertiary/aromatic N) is 1. The molecular weight excluding hydrogens is 174 g/mol. The summed E-state index contributed by atoms with van der Waals surface area (Å²) in [6.07, 6.45) is 0. The molecule has 1 amide bonds. The number of carbonyl (C=O) groups is 1. The summed E-state index contributed by atoms with van der Waals surface area (Å²) >= 11 is 0. The van der Waals surface area contributed by atoms with Gasteiger partial charge in [0.25, 0.3) is 0 Å². The van der Waals surface area contributed by atoms with Crippen LogP contribution < -0.4 is 0 Å². The molecule has 0 unspecified atom stereocenters. The summed E-state index contributed by atoms with van der Waals surface area (Å²) in [5.74, 6) is 0.259. The molecule has 0 fully saturated rings. The van der Waals surface area contributed by atoms with E-state index in [0.29, 0.717) is 0 Å². The van der Waals surface area contributed by atoms with E-state index in [9.17, 15) is 4.79 Å². The highest BCUT2D eigenvalue weighted by molar-refractivity contribution is 5.82. The van der Waals surface area contributed by atoms with Crippen molar-refractivity contribution in [3.63, 3.8) is 0 Å². The fourth-order valence-electron chi connectivity index (χ4n) is 1.23. The Kier molecular flexibility index (Phi) is 4.16. The zero-order chi connectivity index (χ0) is 11.6. The van der Waals surface area contributed by atoms with E-state index in [1.807, 2.05) is 32.6 Å². The third kappa shape index (κ3) is 2.49. The highest BCUT2D eigenvalue weighted by Crippen LogP contribution is 2.39. The molecule has 0 aliphatic carbocycles. The van der Waals surface area contributed by atoms with E-state index >= 15 is 0 Å². The minimum absolute atomic E-state index is 0.00662. The van der Waals surface area contributed by atoms with Crippen molar-refractivity contribution in [3.8, 4) is 0 Å². The van der Waals surface area contributed by atoms with Crippen LogP contribution in [0, 0.1) is 10.8 Å². The van der Waals surface area contributed by atoms with E-state index < -0.39 is 0 Å². The molecule has 0 aliphatic rings. The van der Waals surface area contributed by atoms with Crippen LogP contribution in [0.25, 0.3) is 0 Å². The first-order chi connectivity index (χ1) is 6.18. The Morgan fingerprint density at radius 2 is 1.36 bits per heavy atom. The predicted octanol–water partition coefficient (Wildman–Crippen LogP) is 2.93. The highest BCUT2D eigenvalue weighted by Gasteiger charge is 2.41. The van der Waals surface area contributed by atoms with Crippen molar-refractivity contribution in [1.29, 1.82) is 0 Å². The first kappa shape index (κ1) is 13.5. The van der Waals surface area contributed by atoms with Gasteiger partial charge in [-0.25, -0.2) is 0 Å². The molecule has 0 spiro atoms. The Hall–Kier alpha value is -0.530. The lowest BCUT2D eigenvalue weighted by Crippen LogP contribution is -2.47. The van der Waals surface area contributed by atoms with Gasteiger partial charge in [0, 0.05) is 18.5 Å². The fourth-order valence-corrected chi connectivity index (χ4v) is 1.23. The topological polar surface area (TPSA) is 20.3 Å². The zero-order valence-corrected chi connectivity index (χ0v) is 10.8. The molecule has 0 aliphatic heterocycles. The Labute approximate surface area is 88.7 Å². The van der Waals surface area contributed by atoms with Crippen LogP contribution in [-0.2, 0) is 4.79 Å². The van der Waals surface area contributed by atoms with E-state index in [0.717, 1.165) is 13.1 Å². The lowest BCUT2D eigenvalue weighted by Gasteiger charge is -2.40. The maximum absolute atomic E-state index is 12.2. The van der Waals surface area contributed by atoms with Crippen molar-refractivity contribution in [2.45, 2.75) is 48.5 Å². The minimum Gasteiger partial charge on any atom is -0.343 e. The highest BCUT2D eigenvalue weighted by atomic mass is 16.2. The average Bonchev–Trinajstić information content (AvgIpc) is 2.04. The van der Waals surface area contributed by atoms with Crippen molar-refractivity contribution in [2.24, 2.45) is 10.8 Å². The molecule has 0 atom stereocenters. The fraction of sp³-hybridized carbons (Fsp3) is 0.917. The Morgan fingerprint density at radius 1 is 1.00 bits per heavy atom. The average molecular weight is 199 g/mol. The molecule has 14 heavy (non-hydrogen) atoms. The van der Waals surface area contributed by atoms with Crippen LogP contribution >= 0.6 is 0 Å². The predicted molar refractivity (Wildman–Crippen MR) is 61.2 cm³/mol. The van der Waals surface area contributed by atoms with Crippen molar-refractivity contribution in [1.82, 2.24) is 4.90 Å². The van der Waals surface area contributed by atoms with Gasteiger partial charge in [0.2, 0.25) is 5.91 Å². The lowest BCUT2D eigenvalue weighted by molar-refractivity contribution is -0.145. The number of hydrogen-bond donors (Lipinski definition) is 0. The van der Waals surface area contributed by atoms with Gasteiger partial charge in [-0.2, -0.15) is 0 Å².